The summed E-state index contributed by atoms with van der Waals surface area (Å²) in [5.41, 5.74) is 9.57. The molecule has 4 atom stereocenters. The molecule has 0 radical (unpaired) electrons. The van der Waals surface area contributed by atoms with Crippen LogP contribution in [0.3, 0.4) is 0 Å². The van der Waals surface area contributed by atoms with Gasteiger partial charge in [0, 0.05) is 43.7 Å². The number of carbonyl (C=O) groups excluding carboxylic acids is 1. The Morgan fingerprint density at radius 3 is 2.73 bits per heavy atom. The lowest BCUT2D eigenvalue weighted by atomic mass is 9.95. The number of imidazole rings is 1. The molecule has 0 saturated carbocycles. The lowest BCUT2D eigenvalue weighted by molar-refractivity contribution is 0.0974. The fourth-order valence-corrected chi connectivity index (χ4v) is 6.30. The number of amides is 1. The highest BCUT2D eigenvalue weighted by Crippen LogP contribution is 2.42. The number of nitrogens with zero attached hydrogens (tertiary/aromatic N) is 4. The molecule has 2 saturated heterocycles. The van der Waals surface area contributed by atoms with Gasteiger partial charge in [-0.05, 0) is 56.7 Å². The summed E-state index contributed by atoms with van der Waals surface area (Å²) in [5.74, 6) is 0.825. The predicted octanol–water partition coefficient (Wildman–Crippen LogP) is 3.71. The second-order valence-corrected chi connectivity index (χ2v) is 9.76. The number of halogens is 1. The number of hydrogen-bond donors (Lipinski definition) is 1. The molecule has 2 bridgehead atoms. The molecular formula is C25H34FN5O2. The molecule has 0 aliphatic carbocycles. The van der Waals surface area contributed by atoms with Crippen LogP contribution in [0.25, 0.3) is 0 Å². The molecule has 2 N–H and O–H groups in total. The van der Waals surface area contributed by atoms with Crippen molar-refractivity contribution in [3.05, 3.63) is 52.9 Å². The Balaban J connectivity index is 1.27. The molecular weight excluding hydrogens is 421 g/mol. The molecule has 7 nitrogen and oxygen atoms in total. The average Bonchev–Trinajstić information content (AvgIpc) is 3.26. The number of benzene rings is 1. The second kappa shape index (κ2) is 9.06. The second-order valence-electron chi connectivity index (χ2n) is 9.76. The lowest BCUT2D eigenvalue weighted by Crippen LogP contribution is -2.45. The Labute approximate surface area is 194 Å². The highest BCUT2D eigenvalue weighted by molar-refractivity contribution is 5.67. The first kappa shape index (κ1) is 22.3. The Hall–Kier alpha value is -2.45. The third kappa shape index (κ3) is 4.26. The zero-order chi connectivity index (χ0) is 23.1. The molecule has 2 aromatic rings. The van der Waals surface area contributed by atoms with E-state index in [0.717, 1.165) is 49.3 Å². The van der Waals surface area contributed by atoms with Gasteiger partial charge in [-0.3, -0.25) is 4.90 Å². The van der Waals surface area contributed by atoms with E-state index in [2.05, 4.69) is 16.4 Å². The zero-order valence-electron chi connectivity index (χ0n) is 19.5. The van der Waals surface area contributed by atoms with Crippen LogP contribution in [0.15, 0.2) is 24.3 Å². The first-order valence-corrected chi connectivity index (χ1v) is 12.1. The smallest absolute Gasteiger partial charge is 0.409 e. The van der Waals surface area contributed by atoms with E-state index in [1.54, 1.807) is 17.0 Å². The van der Waals surface area contributed by atoms with Crippen LogP contribution in [0.1, 0.15) is 67.0 Å². The van der Waals surface area contributed by atoms with E-state index in [-0.39, 0.29) is 18.0 Å². The van der Waals surface area contributed by atoms with Crippen LogP contribution in [0.4, 0.5) is 9.18 Å². The summed E-state index contributed by atoms with van der Waals surface area (Å²) in [5, 5.41) is 0. The van der Waals surface area contributed by atoms with E-state index in [4.69, 9.17) is 15.5 Å². The van der Waals surface area contributed by atoms with E-state index in [1.165, 1.54) is 31.7 Å². The maximum absolute atomic E-state index is 13.6. The molecule has 4 heterocycles. The molecule has 5 rings (SSSR count). The van der Waals surface area contributed by atoms with Gasteiger partial charge in [0.25, 0.3) is 0 Å². The van der Waals surface area contributed by atoms with E-state index in [0.29, 0.717) is 31.2 Å². The maximum Gasteiger partial charge on any atom is 0.409 e. The Kier molecular flexibility index (Phi) is 6.14. The van der Waals surface area contributed by atoms with Gasteiger partial charge in [-0.2, -0.15) is 0 Å². The molecule has 1 amide bonds. The molecule has 1 unspecified atom stereocenters. The van der Waals surface area contributed by atoms with E-state index >= 15 is 0 Å². The molecule has 3 aliphatic rings. The van der Waals surface area contributed by atoms with Gasteiger partial charge < -0.3 is 19.9 Å². The van der Waals surface area contributed by atoms with Crippen LogP contribution in [0.2, 0.25) is 0 Å². The number of fused-ring (bicyclic) bond motifs is 3. The summed E-state index contributed by atoms with van der Waals surface area (Å²) in [7, 11) is 1.44. The van der Waals surface area contributed by atoms with Gasteiger partial charge in [0.05, 0.1) is 25.0 Å². The van der Waals surface area contributed by atoms with Crippen molar-refractivity contribution in [2.75, 3.05) is 20.2 Å². The van der Waals surface area contributed by atoms with Gasteiger partial charge in [-0.15, -0.1) is 0 Å². The molecule has 0 spiro atoms. The van der Waals surface area contributed by atoms with Gasteiger partial charge in [0.15, 0.2) is 0 Å². The summed E-state index contributed by atoms with van der Waals surface area (Å²) >= 11 is 0. The van der Waals surface area contributed by atoms with Gasteiger partial charge >= 0.3 is 6.09 Å². The maximum atomic E-state index is 13.6. The number of hydrogen-bond acceptors (Lipinski definition) is 5. The molecule has 2 fully saturated rings. The molecule has 1 aromatic heterocycles. The number of aryl methyl sites for hydroxylation is 1. The molecule has 33 heavy (non-hydrogen) atoms. The number of methoxy groups -OCH3 is 1. The van der Waals surface area contributed by atoms with Gasteiger partial charge in [0.2, 0.25) is 0 Å². The quantitative estimate of drug-likeness (QED) is 0.744. The first-order valence-electron chi connectivity index (χ1n) is 12.1. The molecule has 178 valence electrons. The van der Waals surface area contributed by atoms with Crippen molar-refractivity contribution < 1.29 is 13.9 Å². The number of carbonyl (C=O) groups is 1. The van der Waals surface area contributed by atoms with Gasteiger partial charge in [0.1, 0.15) is 11.6 Å². The standard InChI is InChI=1S/C25H34FN5O2/c1-16-28-23-9-10-29(25(32)33-2)15-24(23)31(16)21-13-19-6-7-20(14-21)30(19)11-8-22(27)17-4-3-5-18(26)12-17/h3-5,12,19-22H,6-11,13-15,27H2,1-2H3/t19-,20+,21?,22-/m0/s1. The normalized spacial score (nSPS) is 25.7. The minimum Gasteiger partial charge on any atom is -0.453 e. The van der Waals surface area contributed by atoms with Crippen molar-refractivity contribution >= 4 is 6.09 Å². The van der Waals surface area contributed by atoms with Crippen LogP contribution in [0.5, 0.6) is 0 Å². The Morgan fingerprint density at radius 1 is 1.27 bits per heavy atom. The van der Waals surface area contributed by atoms with Crippen LogP contribution < -0.4 is 5.73 Å². The van der Waals surface area contributed by atoms with Crippen molar-refractivity contribution in [1.82, 2.24) is 19.4 Å². The topological polar surface area (TPSA) is 76.6 Å². The monoisotopic (exact) mass is 455 g/mol. The zero-order valence-corrected chi connectivity index (χ0v) is 19.5. The average molecular weight is 456 g/mol. The summed E-state index contributed by atoms with van der Waals surface area (Å²) < 4.78 is 20.9. The van der Waals surface area contributed by atoms with Crippen molar-refractivity contribution in [3.8, 4) is 0 Å². The van der Waals surface area contributed by atoms with Gasteiger partial charge in [-0.25, -0.2) is 14.2 Å². The lowest BCUT2D eigenvalue weighted by Gasteiger charge is -2.41. The fraction of sp³-hybridized carbons (Fsp3) is 0.600. The van der Waals surface area contributed by atoms with Crippen LogP contribution in [-0.2, 0) is 17.7 Å². The van der Waals surface area contributed by atoms with Crippen molar-refractivity contribution in [1.29, 1.82) is 0 Å². The number of piperidine rings is 1. The van der Waals surface area contributed by atoms with Crippen molar-refractivity contribution in [2.45, 2.75) is 76.2 Å². The number of nitrogens with two attached hydrogens (primary N) is 1. The summed E-state index contributed by atoms with van der Waals surface area (Å²) in [6.07, 6.45) is 5.94. The number of ether oxygens (including phenoxy) is 1. The Morgan fingerprint density at radius 2 is 2.03 bits per heavy atom. The third-order valence-corrected chi connectivity index (χ3v) is 7.86. The highest BCUT2D eigenvalue weighted by Gasteiger charge is 2.42. The molecule has 1 aromatic carbocycles. The van der Waals surface area contributed by atoms with Crippen LogP contribution in [0, 0.1) is 12.7 Å². The number of aromatic nitrogens is 2. The summed E-state index contributed by atoms with van der Waals surface area (Å²) in [4.78, 5) is 21.4. The van der Waals surface area contributed by atoms with Crippen LogP contribution in [-0.4, -0.2) is 57.7 Å². The molecule has 3 aliphatic heterocycles. The highest BCUT2D eigenvalue weighted by atomic mass is 19.1. The minimum absolute atomic E-state index is 0.148. The SMILES string of the molecule is COC(=O)N1CCc2nc(C)n(C3C[C@H]4CC[C@@H](C3)N4CC[C@H](N)c3cccc(F)c3)c2C1. The Bertz CT molecular complexity index is 1010. The predicted molar refractivity (Wildman–Crippen MR) is 123 cm³/mol. The van der Waals surface area contributed by atoms with E-state index < -0.39 is 0 Å². The van der Waals surface area contributed by atoms with E-state index in [9.17, 15) is 9.18 Å². The van der Waals surface area contributed by atoms with Crippen molar-refractivity contribution in [2.24, 2.45) is 5.73 Å². The largest absolute Gasteiger partial charge is 0.453 e. The summed E-state index contributed by atoms with van der Waals surface area (Å²) in [6, 6.07) is 7.98. The van der Waals surface area contributed by atoms with Gasteiger partial charge in [-0.1, -0.05) is 12.1 Å². The van der Waals surface area contributed by atoms with Crippen LogP contribution >= 0.6 is 0 Å². The van der Waals surface area contributed by atoms with Crippen molar-refractivity contribution in [3.63, 3.8) is 0 Å². The third-order valence-electron chi connectivity index (χ3n) is 7.86. The first-order chi connectivity index (χ1) is 15.9. The molecule has 8 heteroatoms. The fourth-order valence-electron chi connectivity index (χ4n) is 6.30. The number of rotatable bonds is 5. The summed E-state index contributed by atoms with van der Waals surface area (Å²) in [6.45, 7) is 4.26. The van der Waals surface area contributed by atoms with E-state index in [1.807, 2.05) is 6.07 Å². The minimum atomic E-state index is -0.268.